The lowest BCUT2D eigenvalue weighted by atomic mass is 9.93. The Morgan fingerprint density at radius 2 is 1.66 bits per heavy atom. The van der Waals surface area contributed by atoms with Gasteiger partial charge < -0.3 is 15.0 Å². The highest BCUT2D eigenvalue weighted by Crippen LogP contribution is 2.20. The maximum absolute atomic E-state index is 13.4. The van der Waals surface area contributed by atoms with Crippen LogP contribution in [0.25, 0.3) is 10.9 Å². The monoisotopic (exact) mass is 563 g/mol. The first-order valence-corrected chi connectivity index (χ1v) is 13.9. The quantitative estimate of drug-likeness (QED) is 0.224. The van der Waals surface area contributed by atoms with Gasteiger partial charge in [-0.3, -0.25) is 24.0 Å². The predicted molar refractivity (Wildman–Crippen MR) is 157 cm³/mol. The van der Waals surface area contributed by atoms with Crippen LogP contribution >= 0.6 is 0 Å². The molecule has 3 aromatic rings. The fourth-order valence-corrected chi connectivity index (χ4v) is 4.51. The van der Waals surface area contributed by atoms with E-state index in [1.807, 2.05) is 60.8 Å². The first-order valence-electron chi connectivity index (χ1n) is 13.9. The van der Waals surface area contributed by atoms with Gasteiger partial charge >= 0.3 is 0 Å². The zero-order chi connectivity index (χ0) is 29.8. The second-order valence-corrected chi connectivity index (χ2v) is 11.2. The Morgan fingerprint density at radius 1 is 0.902 bits per heavy atom. The van der Waals surface area contributed by atoms with Gasteiger partial charge in [-0.1, -0.05) is 42.5 Å². The van der Waals surface area contributed by atoms with Crippen LogP contribution in [0.5, 0.6) is 0 Å². The van der Waals surface area contributed by atoms with Crippen molar-refractivity contribution in [3.8, 4) is 0 Å². The normalized spacial score (nSPS) is 13.0. The van der Waals surface area contributed by atoms with Crippen LogP contribution in [0.3, 0.4) is 0 Å². The van der Waals surface area contributed by atoms with Crippen LogP contribution in [0.4, 0.5) is 0 Å². The van der Waals surface area contributed by atoms with Gasteiger partial charge in [-0.15, -0.1) is 0 Å². The van der Waals surface area contributed by atoms with Crippen molar-refractivity contribution in [3.63, 3.8) is 0 Å². The summed E-state index contributed by atoms with van der Waals surface area (Å²) in [6.45, 7) is 5.32. The Labute approximate surface area is 241 Å². The molecule has 220 valence electrons. The van der Waals surface area contributed by atoms with Crippen molar-refractivity contribution >= 4 is 34.3 Å². The van der Waals surface area contributed by atoms with Gasteiger partial charge in [-0.2, -0.15) is 0 Å². The molecule has 41 heavy (non-hydrogen) atoms. The van der Waals surface area contributed by atoms with Crippen LogP contribution in [0, 0.1) is 5.92 Å². The maximum Gasteiger partial charge on any atom is 0.244 e. The average molecular weight is 564 g/mol. The van der Waals surface area contributed by atoms with Gasteiger partial charge in [0.25, 0.3) is 0 Å². The lowest BCUT2D eigenvalue weighted by Gasteiger charge is -2.23. The van der Waals surface area contributed by atoms with Crippen molar-refractivity contribution in [2.45, 2.75) is 70.9 Å². The van der Waals surface area contributed by atoms with Crippen LogP contribution in [-0.2, 0) is 41.6 Å². The van der Waals surface area contributed by atoms with Crippen LogP contribution in [0.15, 0.2) is 60.8 Å². The fraction of sp³-hybridized carbons (Fsp3) is 0.438. The van der Waals surface area contributed by atoms with E-state index in [0.717, 1.165) is 22.0 Å². The zero-order valence-corrected chi connectivity index (χ0v) is 24.3. The molecule has 1 aromatic heterocycles. The van der Waals surface area contributed by atoms with E-state index >= 15 is 0 Å². The van der Waals surface area contributed by atoms with Crippen molar-refractivity contribution in [1.29, 1.82) is 0 Å². The molecule has 9 nitrogen and oxygen atoms in total. The summed E-state index contributed by atoms with van der Waals surface area (Å²) in [5.74, 6) is -2.38. The number of methoxy groups -OCH3 is 1. The molecule has 0 spiro atoms. The zero-order valence-electron chi connectivity index (χ0n) is 24.3. The number of aryl methyl sites for hydroxylation is 2. The van der Waals surface area contributed by atoms with Gasteiger partial charge in [0, 0.05) is 49.9 Å². The highest BCUT2D eigenvalue weighted by molar-refractivity contribution is 5.94. The lowest BCUT2D eigenvalue weighted by Crippen LogP contribution is -2.47. The summed E-state index contributed by atoms with van der Waals surface area (Å²) in [6, 6.07) is 16.5. The number of hydrogen-bond acceptors (Lipinski definition) is 6. The summed E-state index contributed by atoms with van der Waals surface area (Å²) in [6.07, 6.45) is 2.92. The Hall–Kier alpha value is -3.82. The number of amides is 2. The van der Waals surface area contributed by atoms with E-state index in [1.165, 1.54) is 7.11 Å². The number of aromatic amines is 1. The molecule has 0 aliphatic heterocycles. The summed E-state index contributed by atoms with van der Waals surface area (Å²) in [5.41, 5.74) is 4.77. The molecule has 0 bridgehead atoms. The largest absolute Gasteiger partial charge is 0.382 e. The second kappa shape index (κ2) is 15.3. The molecule has 0 unspecified atom stereocenters. The number of aromatic nitrogens is 1. The van der Waals surface area contributed by atoms with E-state index in [9.17, 15) is 19.2 Å². The number of nitrogens with one attached hydrogen (secondary N) is 3. The molecule has 0 fully saturated rings. The first-order chi connectivity index (χ1) is 19.6. The number of Topliss-reactive ketones (excluding diaryl/α,β-unsaturated/α-hetero) is 2. The van der Waals surface area contributed by atoms with Crippen LogP contribution in [0.1, 0.15) is 57.6 Å². The third-order valence-corrected chi connectivity index (χ3v) is 6.65. The van der Waals surface area contributed by atoms with E-state index in [4.69, 9.17) is 9.57 Å². The van der Waals surface area contributed by atoms with Crippen molar-refractivity contribution in [3.05, 3.63) is 71.9 Å². The summed E-state index contributed by atoms with van der Waals surface area (Å²) in [7, 11) is 1.45. The topological polar surface area (TPSA) is 127 Å². The fourth-order valence-electron chi connectivity index (χ4n) is 4.51. The van der Waals surface area contributed by atoms with Crippen molar-refractivity contribution < 1.29 is 28.8 Å². The number of fused-ring (bicyclic) bond motifs is 1. The van der Waals surface area contributed by atoms with Gasteiger partial charge in [0.2, 0.25) is 11.8 Å². The van der Waals surface area contributed by atoms with Gasteiger partial charge in [0.1, 0.15) is 11.8 Å². The Morgan fingerprint density at radius 3 is 2.37 bits per heavy atom. The smallest absolute Gasteiger partial charge is 0.244 e. The third kappa shape index (κ3) is 10.6. The van der Waals surface area contributed by atoms with Gasteiger partial charge in [0.05, 0.1) is 18.1 Å². The van der Waals surface area contributed by atoms with Crippen LogP contribution in [-0.4, -0.2) is 53.7 Å². The molecular weight excluding hydrogens is 522 g/mol. The summed E-state index contributed by atoms with van der Waals surface area (Å²) < 4.78 is 5.23. The molecule has 0 saturated heterocycles. The van der Waals surface area contributed by atoms with Gasteiger partial charge in [-0.25, -0.2) is 5.48 Å². The highest BCUT2D eigenvalue weighted by atomic mass is 16.7. The third-order valence-electron chi connectivity index (χ3n) is 6.65. The Kier molecular flexibility index (Phi) is 11.8. The number of rotatable bonds is 16. The highest BCUT2D eigenvalue weighted by Gasteiger charge is 2.29. The molecule has 2 atom stereocenters. The van der Waals surface area contributed by atoms with E-state index in [2.05, 4.69) is 15.8 Å². The lowest BCUT2D eigenvalue weighted by molar-refractivity contribution is -0.148. The molecule has 0 saturated carbocycles. The number of carbonyl (C=O) groups is 4. The molecule has 3 rings (SSSR count). The molecular formula is C32H41N3O6. The number of ketones is 2. The maximum atomic E-state index is 13.4. The minimum atomic E-state index is -0.970. The number of benzene rings is 2. The standard InChI is InChI=1S/C32H41N3O6/c1-32(2,3)41-35-30(38)20-24(19-25(36)15-13-22-9-6-5-7-10-22)31(39)34-28(21-40-4)29(37)16-14-23-11-8-12-27-26(23)17-18-33-27/h5-12,17-18,24,28,33H,13-16,19-21H2,1-4H3,(H,34,39)(H,35,38)/t24-,28-/m0/s1. The summed E-state index contributed by atoms with van der Waals surface area (Å²) in [4.78, 5) is 60.6. The molecule has 0 aliphatic carbocycles. The summed E-state index contributed by atoms with van der Waals surface area (Å²) in [5, 5.41) is 3.80. The SMILES string of the molecule is COC[C@H](NC(=O)[C@@H](CC(=O)CCc1ccccc1)CC(=O)NOC(C)(C)C)C(=O)CCc1cccc2[nH]ccc12. The van der Waals surface area contributed by atoms with E-state index in [0.29, 0.717) is 12.8 Å². The predicted octanol–water partition coefficient (Wildman–Crippen LogP) is 4.25. The average Bonchev–Trinajstić information content (AvgIpc) is 3.43. The van der Waals surface area contributed by atoms with Gasteiger partial charge in [0.15, 0.2) is 5.78 Å². The van der Waals surface area contributed by atoms with Gasteiger partial charge in [-0.05, 0) is 56.9 Å². The van der Waals surface area contributed by atoms with Crippen molar-refractivity contribution in [2.75, 3.05) is 13.7 Å². The molecule has 2 aromatic carbocycles. The van der Waals surface area contributed by atoms with Crippen LogP contribution < -0.4 is 10.8 Å². The number of H-pyrrole nitrogens is 1. The molecule has 0 radical (unpaired) electrons. The van der Waals surface area contributed by atoms with Crippen LogP contribution in [0.2, 0.25) is 0 Å². The molecule has 9 heteroatoms. The van der Waals surface area contributed by atoms with E-state index < -0.39 is 29.4 Å². The molecule has 1 heterocycles. The van der Waals surface area contributed by atoms with Crippen molar-refractivity contribution in [2.24, 2.45) is 5.92 Å². The van der Waals surface area contributed by atoms with Crippen molar-refractivity contribution in [1.82, 2.24) is 15.8 Å². The first kappa shape index (κ1) is 31.7. The summed E-state index contributed by atoms with van der Waals surface area (Å²) >= 11 is 0. The second-order valence-electron chi connectivity index (χ2n) is 11.2. The molecule has 3 N–H and O–H groups in total. The molecule has 2 amide bonds. The minimum Gasteiger partial charge on any atom is -0.382 e. The minimum absolute atomic E-state index is 0.0209. The number of hydroxylamine groups is 1. The molecule has 0 aliphatic rings. The number of carbonyl (C=O) groups excluding carboxylic acids is 4. The Bertz CT molecular complexity index is 1310. The van der Waals surface area contributed by atoms with E-state index in [1.54, 1.807) is 20.8 Å². The number of ether oxygens (including phenoxy) is 1. The Balaban J connectivity index is 1.65. The van der Waals surface area contributed by atoms with E-state index in [-0.39, 0.29) is 43.9 Å². The number of hydrogen-bond donors (Lipinski definition) is 3.